The molecule has 10 atom stereocenters. The van der Waals surface area contributed by atoms with E-state index in [0.717, 1.165) is 16.4 Å². The molecule has 34 heavy (non-hydrogen) atoms. The fourth-order valence-corrected chi connectivity index (χ4v) is 7.10. The van der Waals surface area contributed by atoms with Gasteiger partial charge in [0.25, 0.3) is 0 Å². The van der Waals surface area contributed by atoms with Crippen molar-refractivity contribution in [1.82, 2.24) is 0 Å². The van der Waals surface area contributed by atoms with Crippen LogP contribution < -0.4 is 0 Å². The molecule has 6 rings (SSSR count). The molecule has 6 aliphatic heterocycles. The molecule has 6 saturated heterocycles. The molecule has 0 aliphatic carbocycles. The maximum absolute atomic E-state index is 11.9. The van der Waals surface area contributed by atoms with Gasteiger partial charge in [-0.25, -0.2) is 0 Å². The Morgan fingerprint density at radius 1 is 1.21 bits per heavy atom. The number of rotatable bonds is 10. The number of fused-ring (bicyclic) bond motifs is 1. The first-order chi connectivity index (χ1) is 16.3. The molecule has 0 radical (unpaired) electrons. The third-order valence-electron chi connectivity index (χ3n) is 7.42. The first-order valence-electron chi connectivity index (χ1n) is 11.9. The molecule has 0 saturated carbocycles. The summed E-state index contributed by atoms with van der Waals surface area (Å²) in [5.74, 6) is -2.18. The topological polar surface area (TPSA) is 81.7 Å². The van der Waals surface area contributed by atoms with E-state index in [0.29, 0.717) is 32.3 Å². The third kappa shape index (κ3) is 4.60. The van der Waals surface area contributed by atoms with Gasteiger partial charge in [0.05, 0.1) is 38.8 Å². The van der Waals surface area contributed by atoms with Gasteiger partial charge in [0, 0.05) is 11.8 Å². The number of methoxy groups -OCH3 is 1. The highest BCUT2D eigenvalue weighted by molar-refractivity contribution is 14.1. The molecule has 0 spiro atoms. The first kappa shape index (κ1) is 25.4. The van der Waals surface area contributed by atoms with Crippen molar-refractivity contribution in [3.8, 4) is 0 Å². The molecule has 0 aromatic carbocycles. The summed E-state index contributed by atoms with van der Waals surface area (Å²) in [5.41, 5.74) is 0. The summed E-state index contributed by atoms with van der Waals surface area (Å²) in [4.78, 5) is 11.9. The van der Waals surface area contributed by atoms with Gasteiger partial charge >= 0.3 is 5.97 Å². The lowest BCUT2D eigenvalue weighted by molar-refractivity contribution is -0.304. The van der Waals surface area contributed by atoms with E-state index in [1.54, 1.807) is 6.08 Å². The van der Waals surface area contributed by atoms with Crippen LogP contribution in [0.1, 0.15) is 44.9 Å². The predicted molar refractivity (Wildman–Crippen MR) is 131 cm³/mol. The van der Waals surface area contributed by atoms with Crippen LogP contribution in [-0.4, -0.2) is 79.4 Å². The number of ether oxygens (including phenoxy) is 7. The van der Waals surface area contributed by atoms with Gasteiger partial charge in [-0.1, -0.05) is 12.7 Å². The number of allylic oxidation sites excluding steroid dienone is 1. The summed E-state index contributed by atoms with van der Waals surface area (Å²) in [7, 11) is 1.39. The molecule has 6 bridgehead atoms. The van der Waals surface area contributed by atoms with Crippen LogP contribution >= 0.6 is 34.2 Å². The largest absolute Gasteiger partial charge is 0.469 e. The second-order valence-electron chi connectivity index (χ2n) is 9.78. The van der Waals surface area contributed by atoms with Gasteiger partial charge in [0.15, 0.2) is 5.79 Å². The molecule has 0 aromatic rings. The smallest absolute Gasteiger partial charge is 0.308 e. The lowest BCUT2D eigenvalue weighted by Gasteiger charge is -2.47. The third-order valence-corrected chi connectivity index (χ3v) is 8.23. The van der Waals surface area contributed by atoms with Crippen molar-refractivity contribution < 1.29 is 38.0 Å². The van der Waals surface area contributed by atoms with E-state index < -0.39 is 29.9 Å². The van der Waals surface area contributed by atoms with Crippen molar-refractivity contribution in [3.05, 3.63) is 22.8 Å². The van der Waals surface area contributed by atoms with Gasteiger partial charge in [0.1, 0.15) is 30.5 Å². The standard InChI is InChI=1S/C24H32ClIO8/c1-4-9-29-24-12-23(8-7-14(25)10-13(2)26)32-19-18-16(6-5-15(30-18)11-17(27)28-3)31-21(20(19)33-24)22(24)34-23/h4,14-16,18-22H,1-2,5-12H2,3H3/t14?,15-,16?,18?,19+,20?,21-,22?,23?,24?/m1/s1. The fourth-order valence-electron chi connectivity index (χ4n) is 6.02. The highest BCUT2D eigenvalue weighted by Crippen LogP contribution is 2.59. The first-order valence-corrected chi connectivity index (χ1v) is 13.4. The van der Waals surface area contributed by atoms with Crippen molar-refractivity contribution >= 4 is 40.2 Å². The van der Waals surface area contributed by atoms with E-state index in [4.69, 9.17) is 44.8 Å². The molecule has 6 fully saturated rings. The van der Waals surface area contributed by atoms with Gasteiger partial charge < -0.3 is 33.2 Å². The average Bonchev–Trinajstić information content (AvgIpc) is 3.16. The number of hydrogen-bond acceptors (Lipinski definition) is 8. The van der Waals surface area contributed by atoms with Crippen molar-refractivity contribution in [3.63, 3.8) is 0 Å². The molecule has 6 heterocycles. The Hall–Kier alpha value is -0.270. The number of carbonyl (C=O) groups is 1. The monoisotopic (exact) mass is 610 g/mol. The average molecular weight is 611 g/mol. The second-order valence-corrected chi connectivity index (χ2v) is 11.9. The zero-order valence-electron chi connectivity index (χ0n) is 19.3. The van der Waals surface area contributed by atoms with Crippen LogP contribution in [0.2, 0.25) is 0 Å². The summed E-state index contributed by atoms with van der Waals surface area (Å²) in [5, 5.41) is -0.0759. The number of alkyl halides is 1. The molecule has 190 valence electrons. The van der Waals surface area contributed by atoms with Gasteiger partial charge in [-0.3, -0.25) is 4.79 Å². The minimum Gasteiger partial charge on any atom is -0.469 e. The van der Waals surface area contributed by atoms with E-state index in [9.17, 15) is 4.79 Å². The highest BCUT2D eigenvalue weighted by atomic mass is 127. The van der Waals surface area contributed by atoms with Gasteiger partial charge in [-0.2, -0.15) is 0 Å². The normalized spacial score (nSPS) is 44.9. The fraction of sp³-hybridized carbons (Fsp3) is 0.792. The molecule has 0 amide bonds. The number of halogens is 2. The zero-order valence-corrected chi connectivity index (χ0v) is 22.2. The maximum atomic E-state index is 11.9. The molecule has 7 unspecified atom stereocenters. The van der Waals surface area contributed by atoms with Crippen LogP contribution in [0.15, 0.2) is 22.8 Å². The van der Waals surface area contributed by atoms with Crippen molar-refractivity contribution in [1.29, 1.82) is 0 Å². The molecular weight excluding hydrogens is 579 g/mol. The number of esters is 1. The minimum atomic E-state index is -0.966. The highest BCUT2D eigenvalue weighted by Gasteiger charge is 2.75. The quantitative estimate of drug-likeness (QED) is 0.160. The Balaban J connectivity index is 1.40. The van der Waals surface area contributed by atoms with Crippen LogP contribution in [0.25, 0.3) is 0 Å². The second kappa shape index (κ2) is 9.89. The number of carbonyl (C=O) groups excluding carboxylic acids is 1. The van der Waals surface area contributed by atoms with Crippen molar-refractivity contribution in [2.24, 2.45) is 0 Å². The molecule has 8 nitrogen and oxygen atoms in total. The van der Waals surface area contributed by atoms with Gasteiger partial charge in [-0.05, 0) is 51.9 Å². The van der Waals surface area contributed by atoms with E-state index in [-0.39, 0.29) is 42.2 Å². The lowest BCUT2D eigenvalue weighted by Crippen LogP contribution is -2.61. The Morgan fingerprint density at radius 2 is 2.00 bits per heavy atom. The molecular formula is C24H32ClIO8. The summed E-state index contributed by atoms with van der Waals surface area (Å²) in [6.45, 7) is 8.08. The zero-order chi connectivity index (χ0) is 24.1. The van der Waals surface area contributed by atoms with E-state index in [2.05, 4.69) is 35.7 Å². The molecule has 0 aromatic heterocycles. The number of hydrogen-bond donors (Lipinski definition) is 0. The minimum absolute atomic E-state index is 0.0759. The summed E-state index contributed by atoms with van der Waals surface area (Å²) in [6.07, 6.45) is 3.48. The summed E-state index contributed by atoms with van der Waals surface area (Å²) in [6, 6.07) is 0. The van der Waals surface area contributed by atoms with Crippen LogP contribution in [0.5, 0.6) is 0 Å². The van der Waals surface area contributed by atoms with Crippen molar-refractivity contribution in [2.75, 3.05) is 13.7 Å². The van der Waals surface area contributed by atoms with Crippen LogP contribution in [0.3, 0.4) is 0 Å². The molecule has 10 heteroatoms. The molecule has 0 N–H and O–H groups in total. The van der Waals surface area contributed by atoms with E-state index in [1.165, 1.54) is 7.11 Å². The van der Waals surface area contributed by atoms with Crippen LogP contribution in [0.4, 0.5) is 0 Å². The van der Waals surface area contributed by atoms with Gasteiger partial charge in [-0.15, -0.1) is 18.2 Å². The SMILES string of the molecule is C=CCOC12CC3(CCC(Cl)CC(=C)I)OC1[C@@H]1OC4CC[C@H](CC(=O)OC)OC4[C@H](O3)C1O2. The van der Waals surface area contributed by atoms with E-state index in [1.807, 2.05) is 0 Å². The Kier molecular flexibility index (Phi) is 7.38. The van der Waals surface area contributed by atoms with Crippen LogP contribution in [0, 0.1) is 0 Å². The van der Waals surface area contributed by atoms with Gasteiger partial charge in [0.2, 0.25) is 5.79 Å². The van der Waals surface area contributed by atoms with Crippen LogP contribution in [-0.2, 0) is 38.0 Å². The van der Waals surface area contributed by atoms with E-state index >= 15 is 0 Å². The lowest BCUT2D eigenvalue weighted by atomic mass is 9.86. The Labute approximate surface area is 218 Å². The maximum Gasteiger partial charge on any atom is 0.308 e. The Morgan fingerprint density at radius 3 is 2.74 bits per heavy atom. The van der Waals surface area contributed by atoms with Crippen molar-refractivity contribution in [2.45, 2.75) is 105 Å². The summed E-state index contributed by atoms with van der Waals surface area (Å²) >= 11 is 8.79. The summed E-state index contributed by atoms with van der Waals surface area (Å²) < 4.78 is 44.9. The predicted octanol–water partition coefficient (Wildman–Crippen LogP) is 3.77. The Bertz CT molecular complexity index is 827. The molecule has 6 aliphatic rings.